The van der Waals surface area contributed by atoms with Gasteiger partial charge >= 0.3 is 5.97 Å². The van der Waals surface area contributed by atoms with Crippen LogP contribution in [0.2, 0.25) is 0 Å². The molecule has 0 aliphatic carbocycles. The maximum Gasteiger partial charge on any atom is 0.337 e. The zero-order chi connectivity index (χ0) is 26.1. The first-order chi connectivity index (χ1) is 18.7. The maximum absolute atomic E-state index is 12.2. The van der Waals surface area contributed by atoms with Crippen molar-refractivity contribution in [1.82, 2.24) is 19.1 Å². The van der Waals surface area contributed by atoms with Gasteiger partial charge in [0.05, 0.1) is 41.3 Å². The summed E-state index contributed by atoms with van der Waals surface area (Å²) in [6, 6.07) is 26.5. The minimum atomic E-state index is -0.365. The van der Waals surface area contributed by atoms with E-state index in [9.17, 15) is 4.79 Å². The zero-order valence-corrected chi connectivity index (χ0v) is 22.8. The second-order valence-corrected chi connectivity index (χ2v) is 10.9. The first-order valence-electron chi connectivity index (χ1n) is 12.4. The van der Waals surface area contributed by atoms with Gasteiger partial charge in [-0.2, -0.15) is 0 Å². The lowest BCUT2D eigenvalue weighted by Crippen LogP contribution is -2.03. The number of benzene rings is 3. The quantitative estimate of drug-likeness (QED) is 0.151. The Morgan fingerprint density at radius 2 is 1.82 bits per heavy atom. The summed E-state index contributed by atoms with van der Waals surface area (Å²) in [6.07, 6.45) is 0. The van der Waals surface area contributed by atoms with E-state index in [-0.39, 0.29) is 5.97 Å². The van der Waals surface area contributed by atoms with Crippen molar-refractivity contribution in [1.29, 1.82) is 0 Å². The molecule has 0 fully saturated rings. The molecule has 0 saturated heterocycles. The van der Waals surface area contributed by atoms with Crippen LogP contribution in [0.5, 0.6) is 0 Å². The summed E-state index contributed by atoms with van der Waals surface area (Å²) in [5.41, 5.74) is 6.54. The number of fused-ring (bicyclic) bond motifs is 2. The van der Waals surface area contributed by atoms with Crippen LogP contribution in [0.1, 0.15) is 27.7 Å². The molecule has 0 atom stereocenters. The fourth-order valence-corrected chi connectivity index (χ4v) is 6.44. The van der Waals surface area contributed by atoms with Gasteiger partial charge in [-0.15, -0.1) is 11.3 Å². The smallest absolute Gasteiger partial charge is 0.337 e. The van der Waals surface area contributed by atoms with Gasteiger partial charge < -0.3 is 13.9 Å². The number of nitrogens with zero attached hydrogens (tertiary/aromatic N) is 4. The van der Waals surface area contributed by atoms with Crippen LogP contribution < -0.4 is 0 Å². The number of methoxy groups -OCH3 is 1. The van der Waals surface area contributed by atoms with Gasteiger partial charge in [-0.1, -0.05) is 54.2 Å². The van der Waals surface area contributed by atoms with Gasteiger partial charge in [0.25, 0.3) is 0 Å². The van der Waals surface area contributed by atoms with Crippen molar-refractivity contribution in [3.63, 3.8) is 0 Å². The molecule has 0 N–H and O–H groups in total. The van der Waals surface area contributed by atoms with Crippen LogP contribution in [0.15, 0.2) is 89.4 Å². The highest BCUT2D eigenvalue weighted by Crippen LogP contribution is 2.35. The number of hydrogen-bond acceptors (Lipinski definition) is 6. The van der Waals surface area contributed by atoms with Crippen LogP contribution in [-0.4, -0.2) is 32.2 Å². The highest BCUT2D eigenvalue weighted by atomic mass is 32.2. The van der Waals surface area contributed by atoms with Gasteiger partial charge in [0.15, 0.2) is 5.16 Å². The van der Waals surface area contributed by atoms with E-state index in [4.69, 9.17) is 14.7 Å². The molecule has 0 saturated carbocycles. The Balaban J connectivity index is 1.52. The summed E-state index contributed by atoms with van der Waals surface area (Å²) >= 11 is 3.50. The molecule has 6 nitrogen and oxygen atoms in total. The number of rotatable bonds is 8. The molecule has 6 aromatic rings. The van der Waals surface area contributed by atoms with Crippen LogP contribution in [0.3, 0.4) is 0 Å². The second-order valence-electron chi connectivity index (χ2n) is 8.88. The number of aromatic nitrogens is 4. The number of carbonyl (C=O) groups is 1. The van der Waals surface area contributed by atoms with Crippen LogP contribution >= 0.6 is 23.1 Å². The summed E-state index contributed by atoms with van der Waals surface area (Å²) < 4.78 is 9.45. The topological polar surface area (TPSA) is 61.9 Å². The van der Waals surface area contributed by atoms with E-state index in [1.807, 2.05) is 18.2 Å². The maximum atomic E-state index is 12.2. The highest BCUT2D eigenvalue weighted by Gasteiger charge is 2.21. The second kappa shape index (κ2) is 10.5. The normalized spacial score (nSPS) is 11.4. The minimum absolute atomic E-state index is 0.365. The van der Waals surface area contributed by atoms with Crippen LogP contribution in [0.25, 0.3) is 33.5 Å². The molecule has 190 valence electrons. The third-order valence-corrected chi connectivity index (χ3v) is 8.47. The summed E-state index contributed by atoms with van der Waals surface area (Å²) in [4.78, 5) is 23.5. The van der Waals surface area contributed by atoms with Gasteiger partial charge in [-0.05, 0) is 54.3 Å². The number of para-hydroxylation sites is 1. The molecule has 0 amide bonds. The monoisotopic (exact) mass is 538 g/mol. The Labute approximate surface area is 228 Å². The lowest BCUT2D eigenvalue weighted by atomic mass is 10.1. The van der Waals surface area contributed by atoms with Crippen molar-refractivity contribution in [3.8, 4) is 11.4 Å². The first kappa shape index (κ1) is 24.5. The Bertz CT molecular complexity index is 1740. The molecule has 0 bridgehead atoms. The standard InChI is InChI=1S/C30H26N4O2S2/c1-3-33-26-15-14-21(29(35)36-2)17-25(26)31-28(33)23-12-7-13-24-27(23)34(18-22-11-8-16-37-22)30(32-24)38-19-20-9-5-4-6-10-20/h4-17H,3,18-19H2,1-2H3. The van der Waals surface area contributed by atoms with Crippen molar-refractivity contribution in [2.75, 3.05) is 7.11 Å². The molecule has 38 heavy (non-hydrogen) atoms. The van der Waals surface area contributed by atoms with E-state index in [2.05, 4.69) is 70.0 Å². The molecule has 3 aromatic carbocycles. The fourth-order valence-electron chi connectivity index (χ4n) is 4.78. The predicted octanol–water partition coefficient (Wildman–Crippen LogP) is 7.26. The Kier molecular flexibility index (Phi) is 6.74. The van der Waals surface area contributed by atoms with Crippen LogP contribution in [0, 0.1) is 0 Å². The molecule has 0 unspecified atom stereocenters. The molecule has 3 heterocycles. The third-order valence-electron chi connectivity index (χ3n) is 6.56. The van der Waals surface area contributed by atoms with Crippen LogP contribution in [0.4, 0.5) is 0 Å². The van der Waals surface area contributed by atoms with Gasteiger partial charge in [0.2, 0.25) is 0 Å². The van der Waals surface area contributed by atoms with Crippen LogP contribution in [-0.2, 0) is 23.6 Å². The van der Waals surface area contributed by atoms with Crippen molar-refractivity contribution in [3.05, 3.63) is 100 Å². The lowest BCUT2D eigenvalue weighted by Gasteiger charge is -2.12. The van der Waals surface area contributed by atoms with E-state index in [0.717, 1.165) is 57.5 Å². The molecule has 0 aliphatic rings. The summed E-state index contributed by atoms with van der Waals surface area (Å²) in [5.74, 6) is 1.34. The van der Waals surface area contributed by atoms with E-state index in [1.165, 1.54) is 17.6 Å². The Morgan fingerprint density at radius 1 is 0.947 bits per heavy atom. The summed E-state index contributed by atoms with van der Waals surface area (Å²) in [6.45, 7) is 3.60. The average molecular weight is 539 g/mol. The van der Waals surface area contributed by atoms with E-state index in [0.29, 0.717) is 5.56 Å². The molecular formula is C30H26N4O2S2. The molecule has 0 radical (unpaired) electrons. The highest BCUT2D eigenvalue weighted by molar-refractivity contribution is 7.98. The number of esters is 1. The Hall–Kier alpha value is -3.88. The average Bonchev–Trinajstić information content (AvgIpc) is 3.69. The van der Waals surface area contributed by atoms with Crippen molar-refractivity contribution in [2.45, 2.75) is 30.9 Å². The molecular weight excluding hydrogens is 512 g/mol. The van der Waals surface area contributed by atoms with Gasteiger partial charge in [-0.25, -0.2) is 14.8 Å². The predicted molar refractivity (Wildman–Crippen MR) is 155 cm³/mol. The summed E-state index contributed by atoms with van der Waals surface area (Å²) in [5, 5.41) is 3.10. The van der Waals surface area contributed by atoms with Crippen molar-refractivity contribution < 1.29 is 9.53 Å². The number of ether oxygens (including phenoxy) is 1. The fraction of sp³-hybridized carbons (Fsp3) is 0.167. The van der Waals surface area contributed by atoms with Crippen molar-refractivity contribution in [2.24, 2.45) is 0 Å². The Morgan fingerprint density at radius 3 is 2.58 bits per heavy atom. The summed E-state index contributed by atoms with van der Waals surface area (Å²) in [7, 11) is 1.39. The number of aryl methyl sites for hydroxylation is 1. The lowest BCUT2D eigenvalue weighted by molar-refractivity contribution is 0.0601. The van der Waals surface area contributed by atoms with Crippen molar-refractivity contribution >= 4 is 51.1 Å². The number of hydrogen-bond donors (Lipinski definition) is 0. The van der Waals surface area contributed by atoms with E-state index >= 15 is 0 Å². The van der Waals surface area contributed by atoms with Gasteiger partial charge in [-0.3, -0.25) is 0 Å². The largest absolute Gasteiger partial charge is 0.465 e. The number of thioether (sulfide) groups is 1. The van der Waals surface area contributed by atoms with E-state index < -0.39 is 0 Å². The van der Waals surface area contributed by atoms with Gasteiger partial charge in [0.1, 0.15) is 5.82 Å². The SMILES string of the molecule is CCn1c(-c2cccc3nc(SCc4ccccc4)n(Cc4cccs4)c23)nc2cc(C(=O)OC)ccc21. The minimum Gasteiger partial charge on any atom is -0.465 e. The molecule has 0 spiro atoms. The zero-order valence-electron chi connectivity index (χ0n) is 21.1. The number of imidazole rings is 2. The molecule has 3 aromatic heterocycles. The van der Waals surface area contributed by atoms with Gasteiger partial charge in [0, 0.05) is 22.7 Å². The molecule has 8 heteroatoms. The first-order valence-corrected chi connectivity index (χ1v) is 14.3. The molecule has 0 aliphatic heterocycles. The number of carbonyl (C=O) groups excluding carboxylic acids is 1. The number of thiophene rings is 1. The molecule has 6 rings (SSSR count). The van der Waals surface area contributed by atoms with E-state index in [1.54, 1.807) is 35.2 Å². The third kappa shape index (κ3) is 4.50.